The van der Waals surface area contributed by atoms with E-state index in [1.54, 1.807) is 13.2 Å². The predicted octanol–water partition coefficient (Wildman–Crippen LogP) is 3.80. The molecule has 1 aliphatic heterocycles. The number of ether oxygens (including phenoxy) is 2. The van der Waals surface area contributed by atoms with Crippen LogP contribution in [0.4, 0.5) is 0 Å². The quantitative estimate of drug-likeness (QED) is 0.619. The van der Waals surface area contributed by atoms with E-state index in [9.17, 15) is 4.79 Å². The molecule has 0 saturated carbocycles. The lowest BCUT2D eigenvalue weighted by atomic mass is 10.2. The van der Waals surface area contributed by atoms with Gasteiger partial charge in [-0.15, -0.1) is 0 Å². The van der Waals surface area contributed by atoms with Crippen LogP contribution in [0, 0.1) is 0 Å². The Morgan fingerprint density at radius 3 is 2.64 bits per heavy atom. The number of carbonyl (C=O) groups excluding carboxylic acids is 1. The maximum atomic E-state index is 11.9. The van der Waals surface area contributed by atoms with E-state index in [0.717, 1.165) is 21.3 Å². The number of hydrogen-bond acceptors (Lipinski definition) is 4. The van der Waals surface area contributed by atoms with Crippen molar-refractivity contribution in [1.29, 1.82) is 0 Å². The van der Waals surface area contributed by atoms with Gasteiger partial charge in [0.1, 0.15) is 5.75 Å². The molecular weight excluding hydrogens is 346 g/mol. The summed E-state index contributed by atoms with van der Waals surface area (Å²) in [7, 11) is 1.60. The summed E-state index contributed by atoms with van der Waals surface area (Å²) in [5, 5.41) is 0. The molecule has 1 aliphatic rings. The van der Waals surface area contributed by atoms with Crippen LogP contribution in [0.15, 0.2) is 63.7 Å². The molecule has 0 saturated heterocycles. The molecule has 1 heterocycles. The third kappa shape index (κ3) is 2.94. The topological polar surface area (TPSA) is 47.9 Å². The number of methoxy groups -OCH3 is 1. The van der Waals surface area contributed by atoms with Crippen molar-refractivity contribution in [3.8, 4) is 5.75 Å². The van der Waals surface area contributed by atoms with Crippen LogP contribution >= 0.6 is 15.9 Å². The van der Waals surface area contributed by atoms with Gasteiger partial charge in [0.25, 0.3) is 0 Å². The van der Waals surface area contributed by atoms with Crippen molar-refractivity contribution in [3.63, 3.8) is 0 Å². The van der Waals surface area contributed by atoms with E-state index in [2.05, 4.69) is 20.9 Å². The average Bonchev–Trinajstić information content (AvgIpc) is 2.89. The molecule has 110 valence electrons. The number of nitrogens with zero attached hydrogens (tertiary/aromatic N) is 1. The predicted molar refractivity (Wildman–Crippen MR) is 87.7 cm³/mol. The lowest BCUT2D eigenvalue weighted by Crippen LogP contribution is -2.04. The average molecular weight is 358 g/mol. The van der Waals surface area contributed by atoms with Gasteiger partial charge in [0, 0.05) is 5.56 Å². The highest BCUT2D eigenvalue weighted by atomic mass is 79.9. The van der Waals surface area contributed by atoms with Crippen molar-refractivity contribution in [1.82, 2.24) is 0 Å². The van der Waals surface area contributed by atoms with Crippen LogP contribution in [0.25, 0.3) is 6.08 Å². The van der Waals surface area contributed by atoms with Gasteiger partial charge in [0.05, 0.1) is 11.6 Å². The molecule has 5 heteroatoms. The number of hydrogen-bond donors (Lipinski definition) is 0. The molecule has 0 spiro atoms. The van der Waals surface area contributed by atoms with Crippen LogP contribution in [0.3, 0.4) is 0 Å². The van der Waals surface area contributed by atoms with Crippen LogP contribution in [-0.4, -0.2) is 19.0 Å². The summed E-state index contributed by atoms with van der Waals surface area (Å²) in [6.45, 7) is 0. The smallest absolute Gasteiger partial charge is 0.363 e. The van der Waals surface area contributed by atoms with E-state index in [0.29, 0.717) is 5.90 Å². The molecule has 22 heavy (non-hydrogen) atoms. The Hall–Kier alpha value is -2.40. The fourth-order valence-corrected chi connectivity index (χ4v) is 2.60. The molecule has 0 bridgehead atoms. The molecule has 4 nitrogen and oxygen atoms in total. The summed E-state index contributed by atoms with van der Waals surface area (Å²) in [6.07, 6.45) is 1.68. The zero-order chi connectivity index (χ0) is 15.5. The van der Waals surface area contributed by atoms with E-state index < -0.39 is 5.97 Å². The van der Waals surface area contributed by atoms with Gasteiger partial charge in [-0.05, 0) is 51.8 Å². The second kappa shape index (κ2) is 6.15. The Morgan fingerprint density at radius 1 is 1.18 bits per heavy atom. The molecule has 0 amide bonds. The van der Waals surface area contributed by atoms with E-state index in [4.69, 9.17) is 9.47 Å². The zero-order valence-electron chi connectivity index (χ0n) is 11.7. The maximum Gasteiger partial charge on any atom is 0.363 e. The standard InChI is InChI=1S/C17H12BrNO3/c1-21-15-8-7-11(9-13(15)18)10-14-17(20)22-16(19-14)12-5-3-2-4-6-12/h2-10H,1H3. The first-order valence-corrected chi connectivity index (χ1v) is 7.38. The first-order valence-electron chi connectivity index (χ1n) is 6.59. The number of cyclic esters (lactones) is 1. The minimum absolute atomic E-state index is 0.274. The van der Waals surface area contributed by atoms with Crippen LogP contribution in [0.2, 0.25) is 0 Å². The fourth-order valence-electron chi connectivity index (χ4n) is 2.04. The molecule has 2 aromatic rings. The van der Waals surface area contributed by atoms with Crippen LogP contribution in [-0.2, 0) is 9.53 Å². The lowest BCUT2D eigenvalue weighted by Gasteiger charge is -2.03. The molecule has 0 radical (unpaired) electrons. The monoisotopic (exact) mass is 357 g/mol. The Morgan fingerprint density at radius 2 is 1.95 bits per heavy atom. The molecule has 0 fully saturated rings. The summed E-state index contributed by atoms with van der Waals surface area (Å²) in [6, 6.07) is 14.8. The van der Waals surface area contributed by atoms with Gasteiger partial charge in [0.2, 0.25) is 5.90 Å². The molecule has 3 rings (SSSR count). The summed E-state index contributed by atoms with van der Waals surface area (Å²) in [5.74, 6) is 0.597. The molecule has 0 unspecified atom stereocenters. The number of halogens is 1. The molecular formula is C17H12BrNO3. The molecule has 0 aromatic heterocycles. The molecule has 0 atom stereocenters. The van der Waals surface area contributed by atoms with E-state index >= 15 is 0 Å². The Balaban J connectivity index is 1.92. The molecule has 0 N–H and O–H groups in total. The van der Waals surface area contributed by atoms with E-state index in [1.165, 1.54) is 0 Å². The highest BCUT2D eigenvalue weighted by Gasteiger charge is 2.23. The van der Waals surface area contributed by atoms with Crippen LogP contribution in [0.5, 0.6) is 5.75 Å². The van der Waals surface area contributed by atoms with E-state index in [-0.39, 0.29) is 5.70 Å². The summed E-state index contributed by atoms with van der Waals surface area (Å²) in [4.78, 5) is 16.2. The van der Waals surface area contributed by atoms with E-state index in [1.807, 2.05) is 48.5 Å². The van der Waals surface area contributed by atoms with Gasteiger partial charge in [-0.2, -0.15) is 0 Å². The summed E-state index contributed by atoms with van der Waals surface area (Å²) < 4.78 is 11.2. The molecule has 0 aliphatic carbocycles. The van der Waals surface area contributed by atoms with Crippen molar-refractivity contribution >= 4 is 33.9 Å². The largest absolute Gasteiger partial charge is 0.496 e. The third-order valence-corrected chi connectivity index (χ3v) is 3.74. The normalized spacial score (nSPS) is 15.6. The van der Waals surface area contributed by atoms with Gasteiger partial charge < -0.3 is 9.47 Å². The minimum atomic E-state index is -0.453. The number of carbonyl (C=O) groups is 1. The highest BCUT2D eigenvalue weighted by molar-refractivity contribution is 9.10. The van der Waals surface area contributed by atoms with Crippen molar-refractivity contribution in [2.45, 2.75) is 0 Å². The van der Waals surface area contributed by atoms with Crippen LogP contribution < -0.4 is 4.74 Å². The summed E-state index contributed by atoms with van der Waals surface area (Å²) in [5.41, 5.74) is 1.88. The Kier molecular flexibility index (Phi) is 4.06. The van der Waals surface area contributed by atoms with Crippen molar-refractivity contribution < 1.29 is 14.3 Å². The number of aliphatic imine (C=N–C) groups is 1. The number of benzene rings is 2. The second-order valence-electron chi connectivity index (χ2n) is 4.60. The van der Waals surface area contributed by atoms with Gasteiger partial charge >= 0.3 is 5.97 Å². The van der Waals surface area contributed by atoms with Crippen molar-refractivity contribution in [2.24, 2.45) is 4.99 Å². The van der Waals surface area contributed by atoms with Gasteiger partial charge in [-0.3, -0.25) is 0 Å². The van der Waals surface area contributed by atoms with Gasteiger partial charge in [-0.25, -0.2) is 9.79 Å². The van der Waals surface area contributed by atoms with Crippen LogP contribution in [0.1, 0.15) is 11.1 Å². The minimum Gasteiger partial charge on any atom is -0.496 e. The highest BCUT2D eigenvalue weighted by Crippen LogP contribution is 2.27. The fraction of sp³-hybridized carbons (Fsp3) is 0.0588. The zero-order valence-corrected chi connectivity index (χ0v) is 13.3. The molecule has 2 aromatic carbocycles. The Bertz CT molecular complexity index is 782. The lowest BCUT2D eigenvalue weighted by molar-refractivity contribution is -0.129. The Labute approximate surface area is 136 Å². The maximum absolute atomic E-state index is 11.9. The number of rotatable bonds is 3. The second-order valence-corrected chi connectivity index (χ2v) is 5.45. The SMILES string of the molecule is COc1ccc(C=C2N=C(c3ccccc3)OC2=O)cc1Br. The van der Waals surface area contributed by atoms with Crippen molar-refractivity contribution in [3.05, 3.63) is 69.8 Å². The first kappa shape index (κ1) is 14.5. The summed E-state index contributed by atoms with van der Waals surface area (Å²) >= 11 is 3.41. The number of esters is 1. The van der Waals surface area contributed by atoms with Crippen molar-refractivity contribution in [2.75, 3.05) is 7.11 Å². The van der Waals surface area contributed by atoms with Gasteiger partial charge in [-0.1, -0.05) is 24.3 Å². The first-order chi connectivity index (χ1) is 10.7. The third-order valence-electron chi connectivity index (χ3n) is 3.12. The van der Waals surface area contributed by atoms with Gasteiger partial charge in [0.15, 0.2) is 5.70 Å².